The van der Waals surface area contributed by atoms with Crippen LogP contribution in [0.2, 0.25) is 0 Å². The second-order valence-electron chi connectivity index (χ2n) is 17.8. The van der Waals surface area contributed by atoms with Gasteiger partial charge in [-0.05, 0) is 89.9 Å². The van der Waals surface area contributed by atoms with Crippen molar-refractivity contribution < 1.29 is 28.6 Å². The van der Waals surface area contributed by atoms with Crippen LogP contribution in [0.5, 0.6) is 0 Å². The molecule has 0 N–H and O–H groups in total. The van der Waals surface area contributed by atoms with Gasteiger partial charge >= 0.3 is 17.9 Å². The molecule has 6 heteroatoms. The van der Waals surface area contributed by atoms with Crippen LogP contribution in [-0.2, 0) is 28.6 Å². The van der Waals surface area contributed by atoms with Gasteiger partial charge in [-0.25, -0.2) is 0 Å². The molecule has 64 heavy (non-hydrogen) atoms. The maximum Gasteiger partial charge on any atom is 0.306 e. The van der Waals surface area contributed by atoms with Gasteiger partial charge in [0.05, 0.1) is 0 Å². The van der Waals surface area contributed by atoms with E-state index >= 15 is 0 Å². The predicted octanol–water partition coefficient (Wildman–Crippen LogP) is 17.8. The van der Waals surface area contributed by atoms with Crippen LogP contribution in [0.1, 0.15) is 258 Å². The molecule has 368 valence electrons. The molecule has 0 heterocycles. The van der Waals surface area contributed by atoms with Crippen LogP contribution in [0, 0.1) is 0 Å². The number of rotatable bonds is 48. The van der Waals surface area contributed by atoms with Gasteiger partial charge in [0.2, 0.25) is 0 Å². The molecule has 0 aromatic heterocycles. The third kappa shape index (κ3) is 49.9. The average molecular weight is 893 g/mol. The minimum absolute atomic E-state index is 0.0850. The molecule has 0 amide bonds. The maximum absolute atomic E-state index is 12.8. The summed E-state index contributed by atoms with van der Waals surface area (Å²) in [5.74, 6) is -0.913. The van der Waals surface area contributed by atoms with Crippen molar-refractivity contribution >= 4 is 17.9 Å². The van der Waals surface area contributed by atoms with Gasteiger partial charge in [-0.15, -0.1) is 0 Å². The highest BCUT2D eigenvalue weighted by Gasteiger charge is 2.19. The van der Waals surface area contributed by atoms with Crippen molar-refractivity contribution in [1.29, 1.82) is 0 Å². The fourth-order valence-corrected chi connectivity index (χ4v) is 7.40. The molecule has 0 aliphatic rings. The molecule has 0 rings (SSSR count). The number of unbranched alkanes of at least 4 members (excludes halogenated alkanes) is 25. The van der Waals surface area contributed by atoms with Crippen LogP contribution in [0.15, 0.2) is 72.9 Å². The van der Waals surface area contributed by atoms with Crippen molar-refractivity contribution in [3.63, 3.8) is 0 Å². The molecule has 0 saturated carbocycles. The lowest BCUT2D eigenvalue weighted by molar-refractivity contribution is -0.167. The zero-order chi connectivity index (χ0) is 46.5. The molecule has 0 bridgehead atoms. The third-order valence-electron chi connectivity index (χ3n) is 11.4. The van der Waals surface area contributed by atoms with Crippen LogP contribution in [0.25, 0.3) is 0 Å². The molecule has 6 nitrogen and oxygen atoms in total. The molecule has 0 aliphatic carbocycles. The number of carbonyl (C=O) groups is 3. The number of carbonyl (C=O) groups excluding carboxylic acids is 3. The van der Waals surface area contributed by atoms with Gasteiger partial charge in [-0.1, -0.05) is 222 Å². The first-order valence-electron chi connectivity index (χ1n) is 26.9. The quantitative estimate of drug-likeness (QED) is 0.0262. The molecule has 0 fully saturated rings. The van der Waals surface area contributed by atoms with Crippen LogP contribution < -0.4 is 0 Å². The minimum atomic E-state index is -0.788. The number of hydrogen-bond donors (Lipinski definition) is 0. The molecule has 0 aliphatic heterocycles. The van der Waals surface area contributed by atoms with E-state index in [1.165, 1.54) is 109 Å². The van der Waals surface area contributed by atoms with E-state index in [1.54, 1.807) is 0 Å². The standard InChI is InChI=1S/C58H100O6/c1-4-7-10-13-16-19-22-25-27-29-31-33-36-39-42-45-48-51-57(60)63-54-55(53-62-56(59)50-47-44-41-38-35-24-21-18-15-12-9-6-3)64-58(61)52-49-46-43-40-37-34-32-30-28-26-23-20-17-14-11-8-5-2/h7,10,16-17,19-20,25-28,31,33,55H,4-6,8-9,11-15,18,21-24,29-30,32,34-54H2,1-3H3/b10-7-,19-16-,20-17-,27-25-,28-26-,33-31-/t55-/m0/s1. The summed E-state index contributed by atoms with van der Waals surface area (Å²) in [5.41, 5.74) is 0. The molecule has 0 aromatic rings. The molecule has 0 radical (unpaired) electrons. The number of esters is 3. The Morgan fingerprint density at radius 3 is 0.984 bits per heavy atom. The van der Waals surface area contributed by atoms with Crippen LogP contribution >= 0.6 is 0 Å². The van der Waals surface area contributed by atoms with Gasteiger partial charge in [0.25, 0.3) is 0 Å². The van der Waals surface area contributed by atoms with Crippen molar-refractivity contribution in [2.75, 3.05) is 13.2 Å². The van der Waals surface area contributed by atoms with Crippen LogP contribution in [0.3, 0.4) is 0 Å². The topological polar surface area (TPSA) is 78.9 Å². The van der Waals surface area contributed by atoms with Gasteiger partial charge in [0, 0.05) is 19.3 Å². The first-order chi connectivity index (χ1) is 31.5. The lowest BCUT2D eigenvalue weighted by Gasteiger charge is -2.18. The normalized spacial score (nSPS) is 12.6. The summed E-state index contributed by atoms with van der Waals surface area (Å²) in [6.07, 6.45) is 65.9. The Morgan fingerprint density at radius 1 is 0.328 bits per heavy atom. The summed E-state index contributed by atoms with van der Waals surface area (Å²) in [5, 5.41) is 0. The Balaban J connectivity index is 4.42. The molecule has 0 unspecified atom stereocenters. The SMILES string of the molecule is CC/C=C\C/C=C\C/C=C\C/C=C\CCCCCCC(=O)OC[C@H](COC(=O)CCCCCCCCCCCCCC)OC(=O)CCCCCCCCC/C=C\C/C=C\CCCCC. The second-order valence-corrected chi connectivity index (χ2v) is 17.8. The average Bonchev–Trinajstić information content (AvgIpc) is 3.29. The van der Waals surface area contributed by atoms with Gasteiger partial charge in [-0.2, -0.15) is 0 Å². The smallest absolute Gasteiger partial charge is 0.306 e. The molecule has 1 atom stereocenters. The molecule has 0 saturated heterocycles. The van der Waals surface area contributed by atoms with E-state index in [1.807, 2.05) is 0 Å². The van der Waals surface area contributed by atoms with E-state index in [0.29, 0.717) is 19.3 Å². The molecule has 0 spiro atoms. The summed E-state index contributed by atoms with van der Waals surface area (Å²) in [6.45, 7) is 6.48. The van der Waals surface area contributed by atoms with E-state index in [0.717, 1.165) is 109 Å². The fraction of sp³-hybridized carbons (Fsp3) is 0.741. The van der Waals surface area contributed by atoms with Crippen LogP contribution in [-0.4, -0.2) is 37.2 Å². The molecular formula is C58H100O6. The minimum Gasteiger partial charge on any atom is -0.462 e. The Bertz CT molecular complexity index is 1210. The lowest BCUT2D eigenvalue weighted by atomic mass is 10.0. The Morgan fingerprint density at radius 2 is 0.609 bits per heavy atom. The van der Waals surface area contributed by atoms with E-state index in [4.69, 9.17) is 14.2 Å². The second kappa shape index (κ2) is 52.5. The Labute approximate surface area is 395 Å². The van der Waals surface area contributed by atoms with Crippen molar-refractivity contribution in [2.24, 2.45) is 0 Å². The summed E-state index contributed by atoms with van der Waals surface area (Å²) in [6, 6.07) is 0. The monoisotopic (exact) mass is 893 g/mol. The molecular weight excluding hydrogens is 793 g/mol. The highest BCUT2D eigenvalue weighted by molar-refractivity contribution is 5.71. The first kappa shape index (κ1) is 60.9. The third-order valence-corrected chi connectivity index (χ3v) is 11.4. The zero-order valence-corrected chi connectivity index (χ0v) is 42.0. The Kier molecular flexibility index (Phi) is 49.9. The number of hydrogen-bond acceptors (Lipinski definition) is 6. The zero-order valence-electron chi connectivity index (χ0n) is 42.0. The summed E-state index contributed by atoms with van der Waals surface area (Å²) in [7, 11) is 0. The largest absolute Gasteiger partial charge is 0.462 e. The first-order valence-corrected chi connectivity index (χ1v) is 26.9. The van der Waals surface area contributed by atoms with E-state index < -0.39 is 6.10 Å². The fourth-order valence-electron chi connectivity index (χ4n) is 7.40. The number of allylic oxidation sites excluding steroid dienone is 12. The van der Waals surface area contributed by atoms with Gasteiger partial charge < -0.3 is 14.2 Å². The highest BCUT2D eigenvalue weighted by atomic mass is 16.6. The van der Waals surface area contributed by atoms with Gasteiger partial charge in [-0.3, -0.25) is 14.4 Å². The predicted molar refractivity (Wildman–Crippen MR) is 274 cm³/mol. The number of ether oxygens (including phenoxy) is 3. The molecule has 0 aromatic carbocycles. The maximum atomic E-state index is 12.8. The summed E-state index contributed by atoms with van der Waals surface area (Å²) < 4.78 is 16.8. The van der Waals surface area contributed by atoms with Crippen molar-refractivity contribution in [2.45, 2.75) is 264 Å². The summed E-state index contributed by atoms with van der Waals surface area (Å²) in [4.78, 5) is 38.0. The summed E-state index contributed by atoms with van der Waals surface area (Å²) >= 11 is 0. The highest BCUT2D eigenvalue weighted by Crippen LogP contribution is 2.15. The van der Waals surface area contributed by atoms with Gasteiger partial charge in [0.15, 0.2) is 6.10 Å². The van der Waals surface area contributed by atoms with E-state index in [-0.39, 0.29) is 31.1 Å². The lowest BCUT2D eigenvalue weighted by Crippen LogP contribution is -2.30. The van der Waals surface area contributed by atoms with Crippen LogP contribution in [0.4, 0.5) is 0 Å². The van der Waals surface area contributed by atoms with Crippen molar-refractivity contribution in [3.05, 3.63) is 72.9 Å². The van der Waals surface area contributed by atoms with Crippen molar-refractivity contribution in [3.8, 4) is 0 Å². The van der Waals surface area contributed by atoms with Crippen molar-refractivity contribution in [1.82, 2.24) is 0 Å². The Hall–Kier alpha value is -3.15. The van der Waals surface area contributed by atoms with Gasteiger partial charge in [0.1, 0.15) is 13.2 Å². The van der Waals surface area contributed by atoms with E-state index in [9.17, 15) is 14.4 Å². The van der Waals surface area contributed by atoms with E-state index in [2.05, 4.69) is 93.7 Å².